The highest BCUT2D eigenvalue weighted by atomic mass is 16.4. The minimum atomic E-state index is -0.602. The lowest BCUT2D eigenvalue weighted by molar-refractivity contribution is -0.142. The van der Waals surface area contributed by atoms with Gasteiger partial charge in [-0.25, -0.2) is 0 Å². The fourth-order valence-electron chi connectivity index (χ4n) is 2.29. The summed E-state index contributed by atoms with van der Waals surface area (Å²) in [7, 11) is 0. The maximum Gasteiger partial charge on any atom is 0.306 e. The number of carboxylic acid groups (broad SMARTS) is 1. The number of aliphatic carboxylic acids is 1. The smallest absolute Gasteiger partial charge is 0.306 e. The van der Waals surface area contributed by atoms with E-state index < -0.39 is 5.97 Å². The maximum absolute atomic E-state index is 10.4. The molecule has 3 heteroatoms. The van der Waals surface area contributed by atoms with Gasteiger partial charge in [-0.05, 0) is 38.7 Å². The SMILES string of the molecule is CCCCCCC=CC(C)=O.O=C(O)C1CCCCC1. The van der Waals surface area contributed by atoms with E-state index in [1.807, 2.05) is 6.08 Å². The number of carbonyl (C=O) groups excluding carboxylic acids is 1. The van der Waals surface area contributed by atoms with Gasteiger partial charge in [0, 0.05) is 0 Å². The first-order valence-corrected chi connectivity index (χ1v) is 7.97. The van der Waals surface area contributed by atoms with Gasteiger partial charge in [-0.1, -0.05) is 51.5 Å². The minimum Gasteiger partial charge on any atom is -0.481 e. The first-order valence-electron chi connectivity index (χ1n) is 7.97. The largest absolute Gasteiger partial charge is 0.481 e. The van der Waals surface area contributed by atoms with E-state index in [1.54, 1.807) is 13.0 Å². The second kappa shape index (κ2) is 12.9. The highest BCUT2D eigenvalue weighted by Gasteiger charge is 2.19. The van der Waals surface area contributed by atoms with Crippen molar-refractivity contribution in [2.75, 3.05) is 0 Å². The quantitative estimate of drug-likeness (QED) is 0.541. The standard InChI is InChI=1S/C10H18O.C7H12O2/c1-3-4-5-6-7-8-9-10(2)11;8-7(9)6-4-2-1-3-5-6/h8-9H,3-7H2,1-2H3;6H,1-5H2,(H,8,9). The molecule has 0 atom stereocenters. The Labute approximate surface area is 123 Å². The molecule has 116 valence electrons. The van der Waals surface area contributed by atoms with Crippen LogP contribution in [0, 0.1) is 5.92 Å². The Balaban J connectivity index is 0.000000367. The van der Waals surface area contributed by atoms with Crippen molar-refractivity contribution in [3.63, 3.8) is 0 Å². The van der Waals surface area contributed by atoms with Gasteiger partial charge in [-0.3, -0.25) is 9.59 Å². The van der Waals surface area contributed by atoms with E-state index in [1.165, 1.54) is 32.1 Å². The van der Waals surface area contributed by atoms with Gasteiger partial charge in [0.15, 0.2) is 5.78 Å². The van der Waals surface area contributed by atoms with Gasteiger partial charge in [0.1, 0.15) is 0 Å². The molecular weight excluding hydrogens is 252 g/mol. The van der Waals surface area contributed by atoms with Gasteiger partial charge in [0.05, 0.1) is 5.92 Å². The average Bonchev–Trinajstić information content (AvgIpc) is 2.44. The Bertz CT molecular complexity index is 289. The Morgan fingerprint density at radius 2 is 1.75 bits per heavy atom. The molecule has 1 aliphatic carbocycles. The molecule has 0 bridgehead atoms. The van der Waals surface area contributed by atoms with Crippen molar-refractivity contribution in [3.8, 4) is 0 Å². The Morgan fingerprint density at radius 1 is 1.10 bits per heavy atom. The summed E-state index contributed by atoms with van der Waals surface area (Å²) in [4.78, 5) is 20.8. The first kappa shape index (κ1) is 18.9. The van der Waals surface area contributed by atoms with Crippen LogP contribution in [-0.4, -0.2) is 16.9 Å². The predicted octanol–water partition coefficient (Wildman–Crippen LogP) is 4.75. The van der Waals surface area contributed by atoms with Crippen LogP contribution in [0.15, 0.2) is 12.2 Å². The molecule has 1 fully saturated rings. The van der Waals surface area contributed by atoms with Crippen LogP contribution >= 0.6 is 0 Å². The molecule has 0 amide bonds. The Hall–Kier alpha value is -1.12. The predicted molar refractivity (Wildman–Crippen MR) is 82.8 cm³/mol. The van der Waals surface area contributed by atoms with Crippen LogP contribution in [0.25, 0.3) is 0 Å². The van der Waals surface area contributed by atoms with E-state index in [-0.39, 0.29) is 11.7 Å². The van der Waals surface area contributed by atoms with E-state index in [0.717, 1.165) is 32.1 Å². The highest BCUT2D eigenvalue weighted by molar-refractivity contribution is 5.87. The number of unbranched alkanes of at least 4 members (excludes halogenated alkanes) is 4. The zero-order chi connectivity index (χ0) is 15.2. The summed E-state index contributed by atoms with van der Waals surface area (Å²) in [5, 5.41) is 8.54. The third kappa shape index (κ3) is 11.9. The maximum atomic E-state index is 10.4. The van der Waals surface area contributed by atoms with Crippen molar-refractivity contribution in [3.05, 3.63) is 12.2 Å². The summed E-state index contributed by atoms with van der Waals surface area (Å²) >= 11 is 0. The molecule has 0 radical (unpaired) electrons. The van der Waals surface area contributed by atoms with Crippen LogP contribution in [0.1, 0.15) is 78.1 Å². The molecule has 0 aromatic carbocycles. The average molecular weight is 282 g/mol. The monoisotopic (exact) mass is 282 g/mol. The van der Waals surface area contributed by atoms with Crippen molar-refractivity contribution in [2.24, 2.45) is 5.92 Å². The van der Waals surface area contributed by atoms with Gasteiger partial charge in [-0.15, -0.1) is 0 Å². The van der Waals surface area contributed by atoms with Crippen molar-refractivity contribution in [1.29, 1.82) is 0 Å². The Kier molecular flexibility index (Phi) is 12.2. The molecule has 1 aliphatic rings. The summed E-state index contributed by atoms with van der Waals surface area (Å²) in [6.45, 7) is 3.79. The van der Waals surface area contributed by atoms with E-state index in [9.17, 15) is 9.59 Å². The van der Waals surface area contributed by atoms with Crippen LogP contribution in [-0.2, 0) is 9.59 Å². The molecule has 1 rings (SSSR count). The zero-order valence-corrected chi connectivity index (χ0v) is 13.1. The third-order valence-corrected chi connectivity index (χ3v) is 3.53. The molecule has 0 aromatic heterocycles. The highest BCUT2D eigenvalue weighted by Crippen LogP contribution is 2.23. The van der Waals surface area contributed by atoms with Crippen molar-refractivity contribution >= 4 is 11.8 Å². The van der Waals surface area contributed by atoms with Gasteiger partial charge < -0.3 is 5.11 Å². The molecule has 1 N–H and O–H groups in total. The Morgan fingerprint density at radius 3 is 2.20 bits per heavy atom. The molecule has 0 aromatic rings. The van der Waals surface area contributed by atoms with E-state index in [4.69, 9.17) is 5.11 Å². The molecule has 0 unspecified atom stereocenters. The van der Waals surface area contributed by atoms with Crippen molar-refractivity contribution in [1.82, 2.24) is 0 Å². The van der Waals surface area contributed by atoms with Crippen LogP contribution in [0.2, 0.25) is 0 Å². The molecule has 0 heterocycles. The lowest BCUT2D eigenvalue weighted by Crippen LogP contribution is -2.16. The van der Waals surface area contributed by atoms with Gasteiger partial charge >= 0.3 is 5.97 Å². The van der Waals surface area contributed by atoms with E-state index >= 15 is 0 Å². The molecule has 3 nitrogen and oxygen atoms in total. The van der Waals surface area contributed by atoms with Gasteiger partial charge in [-0.2, -0.15) is 0 Å². The number of rotatable bonds is 7. The number of carboxylic acids is 1. The normalized spacial score (nSPS) is 15.7. The molecule has 0 spiro atoms. The molecule has 0 aliphatic heterocycles. The number of allylic oxidation sites excluding steroid dienone is 2. The summed E-state index contributed by atoms with van der Waals surface area (Å²) in [6.07, 6.45) is 15.0. The van der Waals surface area contributed by atoms with E-state index in [2.05, 4.69) is 6.92 Å². The van der Waals surface area contributed by atoms with Crippen LogP contribution < -0.4 is 0 Å². The topological polar surface area (TPSA) is 54.4 Å². The summed E-state index contributed by atoms with van der Waals surface area (Å²) in [5.74, 6) is -0.478. The number of carbonyl (C=O) groups is 2. The number of hydrogen-bond donors (Lipinski definition) is 1. The van der Waals surface area contributed by atoms with Crippen LogP contribution in [0.5, 0.6) is 0 Å². The fraction of sp³-hybridized carbons (Fsp3) is 0.765. The summed E-state index contributed by atoms with van der Waals surface area (Å²) in [5.41, 5.74) is 0. The second-order valence-electron chi connectivity index (χ2n) is 5.54. The lowest BCUT2D eigenvalue weighted by atomic mass is 9.90. The molecule has 0 saturated heterocycles. The molecule has 1 saturated carbocycles. The third-order valence-electron chi connectivity index (χ3n) is 3.53. The minimum absolute atomic E-state index is 0.0289. The van der Waals surface area contributed by atoms with Crippen LogP contribution in [0.4, 0.5) is 0 Å². The number of hydrogen-bond acceptors (Lipinski definition) is 2. The summed E-state index contributed by atoms with van der Waals surface area (Å²) < 4.78 is 0. The van der Waals surface area contributed by atoms with Crippen molar-refractivity contribution in [2.45, 2.75) is 78.1 Å². The van der Waals surface area contributed by atoms with Gasteiger partial charge in [0.25, 0.3) is 0 Å². The molecular formula is C17H30O3. The fourth-order valence-corrected chi connectivity index (χ4v) is 2.29. The lowest BCUT2D eigenvalue weighted by Gasteiger charge is -2.16. The first-order chi connectivity index (χ1) is 9.57. The number of ketones is 1. The van der Waals surface area contributed by atoms with E-state index in [0.29, 0.717) is 0 Å². The van der Waals surface area contributed by atoms with Crippen molar-refractivity contribution < 1.29 is 14.7 Å². The zero-order valence-electron chi connectivity index (χ0n) is 13.1. The van der Waals surface area contributed by atoms with Gasteiger partial charge in [0.2, 0.25) is 0 Å². The second-order valence-corrected chi connectivity index (χ2v) is 5.54. The molecule has 20 heavy (non-hydrogen) atoms. The van der Waals surface area contributed by atoms with Crippen LogP contribution in [0.3, 0.4) is 0 Å². The summed E-state index contributed by atoms with van der Waals surface area (Å²) in [6, 6.07) is 0.